The van der Waals surface area contributed by atoms with Crippen LogP contribution in [0.5, 0.6) is 11.5 Å². The van der Waals surface area contributed by atoms with Crippen LogP contribution in [-0.4, -0.2) is 34.8 Å². The number of carbonyl (C=O) groups is 1. The first kappa shape index (κ1) is 22.0. The summed E-state index contributed by atoms with van der Waals surface area (Å²) in [5.74, 6) is 1.06. The van der Waals surface area contributed by atoms with Crippen LogP contribution in [0.3, 0.4) is 0 Å². The van der Waals surface area contributed by atoms with Crippen LogP contribution >= 0.6 is 0 Å². The highest BCUT2D eigenvalue weighted by Crippen LogP contribution is 2.28. The van der Waals surface area contributed by atoms with E-state index in [9.17, 15) is 14.4 Å². The van der Waals surface area contributed by atoms with Crippen molar-refractivity contribution >= 4 is 12.0 Å². The lowest BCUT2D eigenvalue weighted by molar-refractivity contribution is -0.116. The zero-order chi connectivity index (χ0) is 21.4. The van der Waals surface area contributed by atoms with Crippen molar-refractivity contribution in [2.45, 2.75) is 20.3 Å². The van der Waals surface area contributed by atoms with E-state index in [0.29, 0.717) is 37.7 Å². The van der Waals surface area contributed by atoms with Crippen LogP contribution in [0.15, 0.2) is 40.1 Å². The number of nitrogens with zero attached hydrogens (tertiary/aromatic N) is 2. The van der Waals surface area contributed by atoms with Gasteiger partial charge in [-0.05, 0) is 44.0 Å². The van der Waals surface area contributed by atoms with E-state index in [0.717, 1.165) is 10.1 Å². The van der Waals surface area contributed by atoms with E-state index >= 15 is 0 Å². The summed E-state index contributed by atoms with van der Waals surface area (Å²) in [4.78, 5) is 35.8. The molecule has 1 amide bonds. The molecule has 0 unspecified atom stereocenters. The SMILES string of the molecule is CCOc1ccc(CCNC(=O)/C=C/c2cn(C)c(=O)n(C)c2=O)cc1OCC. The van der Waals surface area contributed by atoms with Crippen molar-refractivity contribution in [2.75, 3.05) is 19.8 Å². The number of hydrogen-bond acceptors (Lipinski definition) is 5. The molecule has 0 atom stereocenters. The lowest BCUT2D eigenvalue weighted by Crippen LogP contribution is -2.37. The molecule has 1 heterocycles. The number of ether oxygens (including phenoxy) is 2. The molecule has 1 N–H and O–H groups in total. The highest BCUT2D eigenvalue weighted by Gasteiger charge is 2.07. The van der Waals surface area contributed by atoms with Crippen molar-refractivity contribution in [3.63, 3.8) is 0 Å². The Labute approximate surface area is 169 Å². The fraction of sp³-hybridized carbons (Fsp3) is 0.381. The Morgan fingerprint density at radius 2 is 1.79 bits per heavy atom. The normalized spacial score (nSPS) is 10.9. The van der Waals surface area contributed by atoms with Crippen molar-refractivity contribution < 1.29 is 14.3 Å². The lowest BCUT2D eigenvalue weighted by Gasteiger charge is -2.12. The number of nitrogens with one attached hydrogen (secondary N) is 1. The van der Waals surface area contributed by atoms with Gasteiger partial charge in [0.2, 0.25) is 5.91 Å². The molecule has 1 aromatic heterocycles. The van der Waals surface area contributed by atoms with Crippen molar-refractivity contribution in [3.05, 3.63) is 62.4 Å². The van der Waals surface area contributed by atoms with Crippen LogP contribution in [0.2, 0.25) is 0 Å². The summed E-state index contributed by atoms with van der Waals surface area (Å²) in [5.41, 5.74) is 0.402. The van der Waals surface area contributed by atoms with E-state index < -0.39 is 11.2 Å². The van der Waals surface area contributed by atoms with Crippen LogP contribution in [-0.2, 0) is 25.3 Å². The summed E-state index contributed by atoms with van der Waals surface area (Å²) < 4.78 is 13.4. The molecule has 8 nitrogen and oxygen atoms in total. The van der Waals surface area contributed by atoms with E-state index in [1.807, 2.05) is 32.0 Å². The van der Waals surface area contributed by atoms with Crippen LogP contribution < -0.4 is 26.0 Å². The molecule has 0 spiro atoms. The Hall–Kier alpha value is -3.29. The molecule has 0 aliphatic heterocycles. The van der Waals surface area contributed by atoms with Gasteiger partial charge in [0.15, 0.2) is 11.5 Å². The van der Waals surface area contributed by atoms with Crippen molar-refractivity contribution in [1.82, 2.24) is 14.5 Å². The average molecular weight is 401 g/mol. The zero-order valence-electron chi connectivity index (χ0n) is 17.2. The van der Waals surface area contributed by atoms with Gasteiger partial charge in [0.05, 0.1) is 18.8 Å². The molecule has 0 saturated heterocycles. The number of benzene rings is 1. The predicted octanol–water partition coefficient (Wildman–Crippen LogP) is 1.25. The standard InChI is InChI=1S/C21H27N3O5/c1-5-28-17-9-7-15(13-18(17)29-6-2)11-12-22-19(25)10-8-16-14-23(3)21(27)24(4)20(16)26/h7-10,13-14H,5-6,11-12H2,1-4H3,(H,22,25)/b10-8+. The van der Waals surface area contributed by atoms with Gasteiger partial charge in [0.1, 0.15) is 0 Å². The molecule has 1 aromatic carbocycles. The lowest BCUT2D eigenvalue weighted by atomic mass is 10.1. The molecule has 8 heteroatoms. The summed E-state index contributed by atoms with van der Waals surface area (Å²) in [5, 5.41) is 2.78. The average Bonchev–Trinajstić information content (AvgIpc) is 2.70. The first-order chi connectivity index (χ1) is 13.9. The number of aromatic nitrogens is 2. The quantitative estimate of drug-likeness (QED) is 0.639. The largest absolute Gasteiger partial charge is 0.490 e. The van der Waals surface area contributed by atoms with E-state index in [1.165, 1.54) is 30.0 Å². The molecule has 0 aliphatic carbocycles. The minimum Gasteiger partial charge on any atom is -0.490 e. The van der Waals surface area contributed by atoms with Gasteiger partial charge in [0, 0.05) is 32.9 Å². The maximum Gasteiger partial charge on any atom is 0.330 e. The zero-order valence-corrected chi connectivity index (χ0v) is 17.2. The van der Waals surface area contributed by atoms with Gasteiger partial charge >= 0.3 is 5.69 Å². The number of rotatable bonds is 9. The smallest absolute Gasteiger partial charge is 0.330 e. The number of amides is 1. The van der Waals surface area contributed by atoms with E-state index in [4.69, 9.17) is 9.47 Å². The van der Waals surface area contributed by atoms with Crippen LogP contribution in [0, 0.1) is 0 Å². The Morgan fingerprint density at radius 3 is 2.48 bits per heavy atom. The molecule has 156 valence electrons. The van der Waals surface area contributed by atoms with Gasteiger partial charge in [-0.25, -0.2) is 4.79 Å². The molecule has 0 saturated carbocycles. The third-order valence-corrected chi connectivity index (χ3v) is 4.21. The summed E-state index contributed by atoms with van der Waals surface area (Å²) >= 11 is 0. The van der Waals surface area contributed by atoms with Gasteiger partial charge in [-0.1, -0.05) is 6.07 Å². The topological polar surface area (TPSA) is 91.6 Å². The molecule has 2 rings (SSSR count). The fourth-order valence-electron chi connectivity index (χ4n) is 2.76. The van der Waals surface area contributed by atoms with Gasteiger partial charge in [0.25, 0.3) is 5.56 Å². The Morgan fingerprint density at radius 1 is 1.10 bits per heavy atom. The Kier molecular flexibility index (Phi) is 7.82. The monoisotopic (exact) mass is 401 g/mol. The second-order valence-corrected chi connectivity index (χ2v) is 6.36. The first-order valence-electron chi connectivity index (χ1n) is 9.48. The minimum absolute atomic E-state index is 0.262. The summed E-state index contributed by atoms with van der Waals surface area (Å²) in [7, 11) is 2.95. The second kappa shape index (κ2) is 10.3. The van der Waals surface area contributed by atoms with Crippen LogP contribution in [0.4, 0.5) is 0 Å². The predicted molar refractivity (Wildman–Crippen MR) is 111 cm³/mol. The molecule has 0 aliphatic rings. The van der Waals surface area contributed by atoms with Gasteiger partial charge < -0.3 is 19.4 Å². The van der Waals surface area contributed by atoms with E-state index in [1.54, 1.807) is 7.05 Å². The maximum atomic E-state index is 12.1. The van der Waals surface area contributed by atoms with Crippen molar-refractivity contribution in [3.8, 4) is 11.5 Å². The third-order valence-electron chi connectivity index (χ3n) is 4.21. The van der Waals surface area contributed by atoms with Gasteiger partial charge in [-0.15, -0.1) is 0 Å². The molecule has 0 fully saturated rings. The van der Waals surface area contributed by atoms with Crippen LogP contribution in [0.1, 0.15) is 25.0 Å². The third kappa shape index (κ3) is 5.84. The van der Waals surface area contributed by atoms with E-state index in [2.05, 4.69) is 5.32 Å². The molecule has 0 bridgehead atoms. The number of carbonyl (C=O) groups excluding carboxylic acids is 1. The highest BCUT2D eigenvalue weighted by atomic mass is 16.5. The molecular weight excluding hydrogens is 374 g/mol. The summed E-state index contributed by atoms with van der Waals surface area (Å²) in [6, 6.07) is 5.70. The second-order valence-electron chi connectivity index (χ2n) is 6.36. The van der Waals surface area contributed by atoms with Crippen molar-refractivity contribution in [2.24, 2.45) is 14.1 Å². The number of hydrogen-bond donors (Lipinski definition) is 1. The van der Waals surface area contributed by atoms with Crippen LogP contribution in [0.25, 0.3) is 6.08 Å². The van der Waals surface area contributed by atoms with E-state index in [-0.39, 0.29) is 11.5 Å². The highest BCUT2D eigenvalue weighted by molar-refractivity contribution is 5.91. The minimum atomic E-state index is -0.449. The Balaban J connectivity index is 1.97. The van der Waals surface area contributed by atoms with Crippen molar-refractivity contribution in [1.29, 1.82) is 0 Å². The molecule has 29 heavy (non-hydrogen) atoms. The Bertz CT molecular complexity index is 1000. The fourth-order valence-corrected chi connectivity index (χ4v) is 2.76. The van der Waals surface area contributed by atoms with Gasteiger partial charge in [-0.2, -0.15) is 0 Å². The summed E-state index contributed by atoms with van der Waals surface area (Å²) in [6.45, 7) is 5.34. The van der Waals surface area contributed by atoms with Gasteiger partial charge in [-0.3, -0.25) is 14.2 Å². The molecule has 2 aromatic rings. The maximum absolute atomic E-state index is 12.1. The first-order valence-corrected chi connectivity index (χ1v) is 9.48. The molecular formula is C21H27N3O5. The summed E-state index contributed by atoms with van der Waals surface area (Å²) in [6.07, 6.45) is 4.71. The number of aryl methyl sites for hydroxylation is 1. The molecule has 0 radical (unpaired) electrons.